The Morgan fingerprint density at radius 3 is 1.80 bits per heavy atom. The maximum Gasteiger partial charge on any atom is 0.125 e. The minimum Gasteiger partial charge on any atom is -0.411 e. The van der Waals surface area contributed by atoms with Crippen LogP contribution in [0, 0.1) is 0 Å². The molecule has 0 radical (unpaired) electrons. The summed E-state index contributed by atoms with van der Waals surface area (Å²) in [6.07, 6.45) is 3.87. The van der Waals surface area contributed by atoms with E-state index in [2.05, 4.69) is 5.16 Å². The van der Waals surface area contributed by atoms with Crippen LogP contribution in [0.4, 0.5) is 0 Å². The van der Waals surface area contributed by atoms with Crippen molar-refractivity contribution in [3.05, 3.63) is 71.8 Å². The first kappa shape index (κ1) is 19.1. The SMILES string of the molecule is N[C@@H]1CCCC[C@H]1N.O/N=C(/c1ccccc1)[C@H](O)c1ccccc1. The maximum atomic E-state index is 10.1. The average molecular weight is 341 g/mol. The summed E-state index contributed by atoms with van der Waals surface area (Å²) >= 11 is 0. The molecule has 5 heteroatoms. The molecule has 0 spiro atoms. The van der Waals surface area contributed by atoms with Gasteiger partial charge in [0.15, 0.2) is 0 Å². The van der Waals surface area contributed by atoms with Crippen molar-refractivity contribution in [3.8, 4) is 0 Å². The van der Waals surface area contributed by atoms with Gasteiger partial charge in [0, 0.05) is 17.6 Å². The fourth-order valence-electron chi connectivity index (χ4n) is 2.86. The second-order valence-electron chi connectivity index (χ2n) is 6.28. The molecular formula is C20H27N3O2. The van der Waals surface area contributed by atoms with Gasteiger partial charge >= 0.3 is 0 Å². The zero-order valence-corrected chi connectivity index (χ0v) is 14.3. The van der Waals surface area contributed by atoms with Crippen molar-refractivity contribution in [2.75, 3.05) is 0 Å². The lowest BCUT2D eigenvalue weighted by Crippen LogP contribution is -2.43. The van der Waals surface area contributed by atoms with Gasteiger partial charge in [-0.15, -0.1) is 0 Å². The van der Waals surface area contributed by atoms with E-state index < -0.39 is 6.10 Å². The lowest BCUT2D eigenvalue weighted by atomic mass is 9.92. The summed E-state index contributed by atoms with van der Waals surface area (Å²) in [5.74, 6) is 0. The van der Waals surface area contributed by atoms with Crippen LogP contribution in [0.15, 0.2) is 65.8 Å². The number of benzene rings is 2. The third-order valence-corrected chi connectivity index (χ3v) is 4.43. The van der Waals surface area contributed by atoms with Crippen molar-refractivity contribution < 1.29 is 10.3 Å². The molecule has 0 unspecified atom stereocenters. The molecule has 3 rings (SSSR count). The second-order valence-corrected chi connectivity index (χ2v) is 6.28. The molecule has 5 nitrogen and oxygen atoms in total. The maximum absolute atomic E-state index is 10.1. The van der Waals surface area contributed by atoms with Crippen molar-refractivity contribution in [2.24, 2.45) is 16.6 Å². The fraction of sp³-hybridized carbons (Fsp3) is 0.350. The molecule has 1 saturated carbocycles. The Hall–Kier alpha value is -2.21. The van der Waals surface area contributed by atoms with Gasteiger partial charge in [0.2, 0.25) is 0 Å². The molecule has 0 aliphatic heterocycles. The van der Waals surface area contributed by atoms with Crippen molar-refractivity contribution in [3.63, 3.8) is 0 Å². The van der Waals surface area contributed by atoms with Gasteiger partial charge in [-0.25, -0.2) is 0 Å². The van der Waals surface area contributed by atoms with E-state index in [4.69, 9.17) is 16.7 Å². The lowest BCUT2D eigenvalue weighted by molar-refractivity contribution is 0.235. The highest BCUT2D eigenvalue weighted by Crippen LogP contribution is 2.18. The number of nitrogens with zero attached hydrogens (tertiary/aromatic N) is 1. The molecule has 0 saturated heterocycles. The number of oxime groups is 1. The summed E-state index contributed by atoms with van der Waals surface area (Å²) in [5.41, 5.74) is 13.0. The number of aliphatic hydroxyl groups excluding tert-OH is 1. The molecule has 2 aromatic rings. The predicted octanol–water partition coefficient (Wildman–Crippen LogP) is 2.81. The molecule has 25 heavy (non-hydrogen) atoms. The Balaban J connectivity index is 0.000000236. The Kier molecular flexibility index (Phi) is 7.60. The molecule has 1 aliphatic rings. The van der Waals surface area contributed by atoms with Crippen molar-refractivity contribution in [2.45, 2.75) is 43.9 Å². The van der Waals surface area contributed by atoms with E-state index in [1.807, 2.05) is 36.4 Å². The van der Waals surface area contributed by atoms with Gasteiger partial charge in [-0.3, -0.25) is 0 Å². The van der Waals surface area contributed by atoms with Crippen LogP contribution in [0.1, 0.15) is 42.9 Å². The van der Waals surface area contributed by atoms with E-state index in [-0.39, 0.29) is 17.8 Å². The summed E-state index contributed by atoms with van der Waals surface area (Å²) in [6, 6.07) is 18.8. The van der Waals surface area contributed by atoms with Crippen LogP contribution in [0.3, 0.4) is 0 Å². The van der Waals surface area contributed by atoms with Gasteiger partial charge in [-0.05, 0) is 18.4 Å². The quantitative estimate of drug-likeness (QED) is 0.391. The molecule has 1 fully saturated rings. The van der Waals surface area contributed by atoms with Crippen LogP contribution in [0.5, 0.6) is 0 Å². The molecule has 0 heterocycles. The van der Waals surface area contributed by atoms with Crippen LogP contribution >= 0.6 is 0 Å². The van der Waals surface area contributed by atoms with Crippen LogP contribution < -0.4 is 11.5 Å². The third-order valence-electron chi connectivity index (χ3n) is 4.43. The van der Waals surface area contributed by atoms with Crippen LogP contribution in [0.2, 0.25) is 0 Å². The molecule has 134 valence electrons. The minimum atomic E-state index is -0.927. The van der Waals surface area contributed by atoms with Gasteiger partial charge in [-0.1, -0.05) is 78.7 Å². The Bertz CT molecular complexity index is 637. The number of rotatable bonds is 3. The molecule has 3 atom stereocenters. The molecular weight excluding hydrogens is 314 g/mol. The van der Waals surface area contributed by atoms with Crippen LogP contribution in [0.25, 0.3) is 0 Å². The van der Waals surface area contributed by atoms with Crippen LogP contribution in [-0.4, -0.2) is 28.1 Å². The topological polar surface area (TPSA) is 105 Å². The molecule has 6 N–H and O–H groups in total. The molecule has 0 bridgehead atoms. The Labute approximate surface area is 149 Å². The van der Waals surface area contributed by atoms with E-state index in [9.17, 15) is 5.11 Å². The minimum absolute atomic E-state index is 0.247. The summed E-state index contributed by atoms with van der Waals surface area (Å²) < 4.78 is 0. The van der Waals surface area contributed by atoms with Crippen molar-refractivity contribution >= 4 is 5.71 Å². The number of hydrogen-bond donors (Lipinski definition) is 4. The molecule has 1 aliphatic carbocycles. The summed E-state index contributed by atoms with van der Waals surface area (Å²) in [7, 11) is 0. The highest BCUT2D eigenvalue weighted by molar-refractivity contribution is 6.03. The normalized spacial score (nSPS) is 21.8. The van der Waals surface area contributed by atoms with E-state index in [0.29, 0.717) is 11.1 Å². The smallest absolute Gasteiger partial charge is 0.125 e. The zero-order valence-electron chi connectivity index (χ0n) is 14.3. The van der Waals surface area contributed by atoms with Gasteiger partial charge in [0.25, 0.3) is 0 Å². The van der Waals surface area contributed by atoms with E-state index in [0.717, 1.165) is 12.8 Å². The van der Waals surface area contributed by atoms with Crippen molar-refractivity contribution in [1.82, 2.24) is 0 Å². The fourth-order valence-corrected chi connectivity index (χ4v) is 2.86. The number of hydrogen-bond acceptors (Lipinski definition) is 5. The van der Waals surface area contributed by atoms with Gasteiger partial charge < -0.3 is 21.8 Å². The first-order chi connectivity index (χ1) is 12.1. The zero-order chi connectivity index (χ0) is 18.1. The van der Waals surface area contributed by atoms with E-state index >= 15 is 0 Å². The van der Waals surface area contributed by atoms with Crippen LogP contribution in [-0.2, 0) is 0 Å². The highest BCUT2D eigenvalue weighted by atomic mass is 16.4. The molecule has 2 aromatic carbocycles. The predicted molar refractivity (Wildman–Crippen MR) is 101 cm³/mol. The first-order valence-electron chi connectivity index (χ1n) is 8.65. The third kappa shape index (κ3) is 5.67. The van der Waals surface area contributed by atoms with E-state index in [1.54, 1.807) is 24.3 Å². The number of nitrogens with two attached hydrogens (primary N) is 2. The number of aliphatic hydroxyl groups is 1. The Morgan fingerprint density at radius 1 is 0.880 bits per heavy atom. The average Bonchev–Trinajstić information content (AvgIpc) is 2.67. The summed E-state index contributed by atoms with van der Waals surface area (Å²) in [6.45, 7) is 0. The standard InChI is InChI=1S/C14H13NO2.C6H14N2/c16-14(12-9-5-2-6-10-12)13(15-17)11-7-3-1-4-8-11;7-5-3-1-2-4-6(5)8/h1-10,14,16-17H;5-6H,1-4,7-8H2/b15-13-;/t14-;5-,6-/m11/s1. The second kappa shape index (κ2) is 9.93. The van der Waals surface area contributed by atoms with Crippen molar-refractivity contribution in [1.29, 1.82) is 0 Å². The monoisotopic (exact) mass is 341 g/mol. The van der Waals surface area contributed by atoms with Gasteiger partial charge in [-0.2, -0.15) is 0 Å². The lowest BCUT2D eigenvalue weighted by Gasteiger charge is -2.24. The highest BCUT2D eigenvalue weighted by Gasteiger charge is 2.17. The molecule has 0 aromatic heterocycles. The Morgan fingerprint density at radius 2 is 1.36 bits per heavy atom. The molecule has 0 amide bonds. The van der Waals surface area contributed by atoms with Gasteiger partial charge in [0.1, 0.15) is 11.8 Å². The first-order valence-corrected chi connectivity index (χ1v) is 8.65. The summed E-state index contributed by atoms with van der Waals surface area (Å²) in [5, 5.41) is 22.4. The van der Waals surface area contributed by atoms with Gasteiger partial charge in [0.05, 0.1) is 0 Å². The largest absolute Gasteiger partial charge is 0.411 e. The summed E-state index contributed by atoms with van der Waals surface area (Å²) in [4.78, 5) is 0. The van der Waals surface area contributed by atoms with E-state index in [1.165, 1.54) is 12.8 Å².